The van der Waals surface area contributed by atoms with Gasteiger partial charge in [0.2, 0.25) is 5.91 Å². The Morgan fingerprint density at radius 2 is 1.14 bits per heavy atom. The standard InChI is InChI=1S/C29H23N3O4/c33-27(30-22-16-18-25(19-17-22)36-20-21-10-4-1-5-11-21)26-28(34)31(23-12-6-2-7-13-23)32(29(26)35)24-14-8-3-9-15-24/h1-19,26H,20H2,(H,30,33). The van der Waals surface area contributed by atoms with Gasteiger partial charge in [-0.2, -0.15) is 0 Å². The van der Waals surface area contributed by atoms with Crippen LogP contribution in [0.1, 0.15) is 5.56 Å². The molecule has 1 saturated heterocycles. The Balaban J connectivity index is 1.33. The molecule has 0 bridgehead atoms. The molecule has 1 aliphatic rings. The van der Waals surface area contributed by atoms with Crippen molar-refractivity contribution in [3.8, 4) is 5.75 Å². The van der Waals surface area contributed by atoms with E-state index >= 15 is 0 Å². The molecule has 0 radical (unpaired) electrons. The number of carbonyl (C=O) groups is 3. The Hall–Kier alpha value is -4.91. The van der Waals surface area contributed by atoms with Crippen molar-refractivity contribution in [1.82, 2.24) is 0 Å². The van der Waals surface area contributed by atoms with Gasteiger partial charge in [-0.05, 0) is 54.1 Å². The number of ether oxygens (including phenoxy) is 1. The second kappa shape index (κ2) is 10.1. The Morgan fingerprint density at radius 3 is 1.64 bits per heavy atom. The molecule has 36 heavy (non-hydrogen) atoms. The Bertz CT molecular complexity index is 1300. The van der Waals surface area contributed by atoms with E-state index in [1.54, 1.807) is 72.8 Å². The van der Waals surface area contributed by atoms with Crippen LogP contribution in [0.3, 0.4) is 0 Å². The highest BCUT2D eigenvalue weighted by Crippen LogP contribution is 2.32. The second-order valence-electron chi connectivity index (χ2n) is 8.19. The van der Waals surface area contributed by atoms with Crippen LogP contribution in [0.15, 0.2) is 115 Å². The van der Waals surface area contributed by atoms with Gasteiger partial charge in [-0.3, -0.25) is 14.4 Å². The monoisotopic (exact) mass is 477 g/mol. The van der Waals surface area contributed by atoms with Crippen LogP contribution in [0.2, 0.25) is 0 Å². The third-order valence-electron chi connectivity index (χ3n) is 5.75. The van der Waals surface area contributed by atoms with Crippen molar-refractivity contribution in [3.63, 3.8) is 0 Å². The minimum absolute atomic E-state index is 0.419. The Labute approximate surface area is 208 Å². The van der Waals surface area contributed by atoms with E-state index < -0.39 is 23.6 Å². The largest absolute Gasteiger partial charge is 0.489 e. The summed E-state index contributed by atoms with van der Waals surface area (Å²) in [5.74, 6) is -2.80. The summed E-state index contributed by atoms with van der Waals surface area (Å²) < 4.78 is 5.78. The van der Waals surface area contributed by atoms with Gasteiger partial charge in [0.05, 0.1) is 11.4 Å². The molecule has 1 heterocycles. The Kier molecular flexibility index (Phi) is 6.44. The van der Waals surface area contributed by atoms with Gasteiger partial charge in [-0.25, -0.2) is 10.0 Å². The lowest BCUT2D eigenvalue weighted by Crippen LogP contribution is -2.41. The minimum atomic E-state index is -1.51. The quantitative estimate of drug-likeness (QED) is 0.387. The molecule has 0 atom stereocenters. The van der Waals surface area contributed by atoms with Crippen LogP contribution < -0.4 is 20.1 Å². The van der Waals surface area contributed by atoms with Crippen molar-refractivity contribution in [2.75, 3.05) is 15.3 Å². The number of benzene rings is 4. The van der Waals surface area contributed by atoms with Crippen molar-refractivity contribution >= 4 is 34.8 Å². The van der Waals surface area contributed by atoms with E-state index in [0.29, 0.717) is 29.4 Å². The molecular weight excluding hydrogens is 454 g/mol. The van der Waals surface area contributed by atoms with Crippen molar-refractivity contribution in [2.24, 2.45) is 5.92 Å². The lowest BCUT2D eigenvalue weighted by atomic mass is 10.1. The van der Waals surface area contributed by atoms with Gasteiger partial charge >= 0.3 is 0 Å². The topological polar surface area (TPSA) is 79.0 Å². The fourth-order valence-corrected chi connectivity index (χ4v) is 3.99. The SMILES string of the molecule is O=C(Nc1ccc(OCc2ccccc2)cc1)C1C(=O)N(c2ccccc2)N(c2ccccc2)C1=O. The number of anilines is 3. The van der Waals surface area contributed by atoms with E-state index in [4.69, 9.17) is 4.74 Å². The van der Waals surface area contributed by atoms with Gasteiger partial charge in [-0.1, -0.05) is 66.7 Å². The number of hydrogen-bond acceptors (Lipinski definition) is 4. The fourth-order valence-electron chi connectivity index (χ4n) is 3.99. The fraction of sp³-hybridized carbons (Fsp3) is 0.0690. The molecule has 1 fully saturated rings. The zero-order chi connectivity index (χ0) is 24.9. The molecule has 178 valence electrons. The number of nitrogens with one attached hydrogen (secondary N) is 1. The van der Waals surface area contributed by atoms with Crippen LogP contribution in [-0.4, -0.2) is 17.7 Å². The number of nitrogens with zero attached hydrogens (tertiary/aromatic N) is 2. The molecule has 0 saturated carbocycles. The van der Waals surface area contributed by atoms with Crippen LogP contribution in [0.4, 0.5) is 17.1 Å². The summed E-state index contributed by atoms with van der Waals surface area (Å²) in [6.45, 7) is 0.419. The van der Waals surface area contributed by atoms with Gasteiger partial charge in [0.1, 0.15) is 12.4 Å². The number of amides is 3. The summed E-state index contributed by atoms with van der Waals surface area (Å²) in [6, 6.07) is 34.2. The van der Waals surface area contributed by atoms with Crippen molar-refractivity contribution in [2.45, 2.75) is 6.61 Å². The van der Waals surface area contributed by atoms with Crippen LogP contribution in [0.5, 0.6) is 5.75 Å². The minimum Gasteiger partial charge on any atom is -0.489 e. The van der Waals surface area contributed by atoms with Crippen LogP contribution in [-0.2, 0) is 21.0 Å². The lowest BCUT2D eigenvalue weighted by Gasteiger charge is -2.27. The molecule has 1 N–H and O–H groups in total. The first-order valence-corrected chi connectivity index (χ1v) is 11.5. The summed E-state index contributed by atoms with van der Waals surface area (Å²) in [6.07, 6.45) is 0. The van der Waals surface area contributed by atoms with E-state index in [1.165, 1.54) is 10.0 Å². The molecular formula is C29H23N3O4. The van der Waals surface area contributed by atoms with Crippen LogP contribution >= 0.6 is 0 Å². The van der Waals surface area contributed by atoms with E-state index in [9.17, 15) is 14.4 Å². The first-order valence-electron chi connectivity index (χ1n) is 11.5. The molecule has 4 aromatic carbocycles. The number of para-hydroxylation sites is 2. The average Bonchev–Trinajstić information content (AvgIpc) is 3.19. The molecule has 5 rings (SSSR count). The van der Waals surface area contributed by atoms with E-state index in [2.05, 4.69) is 5.32 Å². The van der Waals surface area contributed by atoms with E-state index in [1.807, 2.05) is 42.5 Å². The number of hydrogen-bond donors (Lipinski definition) is 1. The first kappa shape index (κ1) is 22.9. The maximum absolute atomic E-state index is 13.4. The second-order valence-corrected chi connectivity index (χ2v) is 8.19. The molecule has 3 amide bonds. The molecule has 0 spiro atoms. The van der Waals surface area contributed by atoms with Gasteiger partial charge in [0.15, 0.2) is 5.92 Å². The van der Waals surface area contributed by atoms with E-state index in [-0.39, 0.29) is 0 Å². The van der Waals surface area contributed by atoms with E-state index in [0.717, 1.165) is 5.56 Å². The number of hydrazine groups is 1. The highest BCUT2D eigenvalue weighted by Gasteiger charge is 2.51. The third kappa shape index (κ3) is 4.67. The van der Waals surface area contributed by atoms with Crippen molar-refractivity contribution < 1.29 is 19.1 Å². The zero-order valence-electron chi connectivity index (χ0n) is 19.3. The smallest absolute Gasteiger partial charge is 0.268 e. The Morgan fingerprint density at radius 1 is 0.667 bits per heavy atom. The molecule has 1 aliphatic heterocycles. The van der Waals surface area contributed by atoms with Gasteiger partial charge in [-0.15, -0.1) is 0 Å². The number of carbonyl (C=O) groups excluding carboxylic acids is 3. The third-order valence-corrected chi connectivity index (χ3v) is 5.75. The molecule has 4 aromatic rings. The molecule has 0 aliphatic carbocycles. The van der Waals surface area contributed by atoms with Crippen molar-refractivity contribution in [3.05, 3.63) is 121 Å². The maximum atomic E-state index is 13.4. The van der Waals surface area contributed by atoms with Gasteiger partial charge < -0.3 is 10.1 Å². The normalized spacial score (nSPS) is 13.7. The summed E-state index contributed by atoms with van der Waals surface area (Å²) in [4.78, 5) is 39.9. The average molecular weight is 478 g/mol. The van der Waals surface area contributed by atoms with Crippen LogP contribution in [0, 0.1) is 5.92 Å². The predicted molar refractivity (Wildman–Crippen MR) is 137 cm³/mol. The highest BCUT2D eigenvalue weighted by atomic mass is 16.5. The maximum Gasteiger partial charge on any atom is 0.268 e. The summed E-state index contributed by atoms with van der Waals surface area (Å²) >= 11 is 0. The van der Waals surface area contributed by atoms with Gasteiger partial charge in [0, 0.05) is 5.69 Å². The van der Waals surface area contributed by atoms with Gasteiger partial charge in [0.25, 0.3) is 11.8 Å². The summed E-state index contributed by atoms with van der Waals surface area (Å²) in [5.41, 5.74) is 2.49. The summed E-state index contributed by atoms with van der Waals surface area (Å²) in [5, 5.41) is 5.21. The van der Waals surface area contributed by atoms with Crippen LogP contribution in [0.25, 0.3) is 0 Å². The number of rotatable bonds is 7. The van der Waals surface area contributed by atoms with Crippen molar-refractivity contribution in [1.29, 1.82) is 0 Å². The summed E-state index contributed by atoms with van der Waals surface area (Å²) in [7, 11) is 0. The zero-order valence-corrected chi connectivity index (χ0v) is 19.3. The predicted octanol–water partition coefficient (Wildman–Crippen LogP) is 4.82. The molecule has 0 aromatic heterocycles. The molecule has 7 nitrogen and oxygen atoms in total. The highest BCUT2D eigenvalue weighted by molar-refractivity contribution is 6.33. The molecule has 0 unspecified atom stereocenters. The lowest BCUT2D eigenvalue weighted by molar-refractivity contribution is -0.134. The molecule has 7 heteroatoms. The first-order chi connectivity index (χ1) is 17.6.